The van der Waals surface area contributed by atoms with Gasteiger partial charge in [-0.1, -0.05) is 13.3 Å². The summed E-state index contributed by atoms with van der Waals surface area (Å²) in [5.41, 5.74) is 5.80. The highest BCUT2D eigenvalue weighted by atomic mass is 35.5. The molecular formula is C10H22ClNO. The van der Waals surface area contributed by atoms with Gasteiger partial charge in [0.25, 0.3) is 0 Å². The summed E-state index contributed by atoms with van der Waals surface area (Å²) in [6.45, 7) is 3.14. The molecule has 3 heteroatoms. The fourth-order valence-electron chi connectivity index (χ4n) is 1.65. The second-order valence-electron chi connectivity index (χ2n) is 3.76. The summed E-state index contributed by atoms with van der Waals surface area (Å²) in [5, 5.41) is 0. The standard InChI is InChI=1S/C10H21NO.ClH/c1-2-3-8-12-10-6-4-9(11)5-7-10;/h9-10H,2-8,11H2,1H3;1H/t9-,10-;. The molecule has 0 aliphatic heterocycles. The molecule has 2 N–H and O–H groups in total. The maximum absolute atomic E-state index is 5.80. The van der Waals surface area contributed by atoms with Crippen molar-refractivity contribution in [3.8, 4) is 0 Å². The van der Waals surface area contributed by atoms with Gasteiger partial charge in [-0.3, -0.25) is 0 Å². The summed E-state index contributed by atoms with van der Waals surface area (Å²) in [4.78, 5) is 0. The maximum Gasteiger partial charge on any atom is 0.0576 e. The van der Waals surface area contributed by atoms with Crippen molar-refractivity contribution >= 4 is 12.4 Å². The molecule has 1 aliphatic rings. The second kappa shape index (κ2) is 7.60. The highest BCUT2D eigenvalue weighted by molar-refractivity contribution is 5.85. The Labute approximate surface area is 87.6 Å². The van der Waals surface area contributed by atoms with Gasteiger partial charge >= 0.3 is 0 Å². The number of unbranched alkanes of at least 4 members (excludes halogenated alkanes) is 1. The van der Waals surface area contributed by atoms with Crippen molar-refractivity contribution in [3.63, 3.8) is 0 Å². The van der Waals surface area contributed by atoms with Crippen molar-refractivity contribution in [1.82, 2.24) is 0 Å². The van der Waals surface area contributed by atoms with Crippen molar-refractivity contribution in [1.29, 1.82) is 0 Å². The Morgan fingerprint density at radius 2 is 1.85 bits per heavy atom. The second-order valence-corrected chi connectivity index (χ2v) is 3.76. The monoisotopic (exact) mass is 207 g/mol. The molecule has 0 radical (unpaired) electrons. The molecular weight excluding hydrogens is 186 g/mol. The Hall–Kier alpha value is 0.210. The molecule has 13 heavy (non-hydrogen) atoms. The molecule has 1 fully saturated rings. The minimum absolute atomic E-state index is 0. The number of nitrogens with two attached hydrogens (primary N) is 1. The topological polar surface area (TPSA) is 35.2 Å². The summed E-state index contributed by atoms with van der Waals surface area (Å²) >= 11 is 0. The van der Waals surface area contributed by atoms with Gasteiger partial charge in [0, 0.05) is 12.6 Å². The lowest BCUT2D eigenvalue weighted by Crippen LogP contribution is -2.30. The average Bonchev–Trinajstić information content (AvgIpc) is 2.09. The third-order valence-electron chi connectivity index (χ3n) is 2.57. The molecule has 80 valence electrons. The van der Waals surface area contributed by atoms with Crippen molar-refractivity contribution in [2.75, 3.05) is 6.61 Å². The minimum Gasteiger partial charge on any atom is -0.378 e. The number of hydrogen-bond donors (Lipinski definition) is 1. The number of rotatable bonds is 4. The van der Waals surface area contributed by atoms with Crippen LogP contribution >= 0.6 is 12.4 Å². The zero-order valence-corrected chi connectivity index (χ0v) is 9.31. The SMILES string of the molecule is CCCCO[C@H]1CC[C@H](N)CC1.Cl. The van der Waals surface area contributed by atoms with Crippen LogP contribution in [0.5, 0.6) is 0 Å². The molecule has 0 aromatic carbocycles. The van der Waals surface area contributed by atoms with Crippen LogP contribution in [0, 0.1) is 0 Å². The summed E-state index contributed by atoms with van der Waals surface area (Å²) in [7, 11) is 0. The van der Waals surface area contributed by atoms with Gasteiger partial charge < -0.3 is 10.5 Å². The van der Waals surface area contributed by atoms with Crippen LogP contribution in [0.1, 0.15) is 45.4 Å². The average molecular weight is 208 g/mol. The van der Waals surface area contributed by atoms with Crippen LogP contribution in [0.4, 0.5) is 0 Å². The Morgan fingerprint density at radius 3 is 2.38 bits per heavy atom. The number of ether oxygens (including phenoxy) is 1. The van der Waals surface area contributed by atoms with Crippen LogP contribution in [0.2, 0.25) is 0 Å². The highest BCUT2D eigenvalue weighted by Gasteiger charge is 2.18. The summed E-state index contributed by atoms with van der Waals surface area (Å²) < 4.78 is 5.72. The van der Waals surface area contributed by atoms with Crippen molar-refractivity contribution in [2.45, 2.75) is 57.6 Å². The number of halogens is 1. The zero-order valence-electron chi connectivity index (χ0n) is 8.50. The molecule has 0 atom stereocenters. The molecule has 2 nitrogen and oxygen atoms in total. The molecule has 0 saturated heterocycles. The molecule has 0 aromatic rings. The Bertz CT molecular complexity index is 113. The summed E-state index contributed by atoms with van der Waals surface area (Å²) in [5.74, 6) is 0. The highest BCUT2D eigenvalue weighted by Crippen LogP contribution is 2.19. The first-order chi connectivity index (χ1) is 5.83. The summed E-state index contributed by atoms with van der Waals surface area (Å²) in [6, 6.07) is 0.441. The molecule has 0 spiro atoms. The molecule has 1 rings (SSSR count). The molecule has 0 aromatic heterocycles. The molecule has 1 saturated carbocycles. The van der Waals surface area contributed by atoms with Gasteiger partial charge in [-0.25, -0.2) is 0 Å². The van der Waals surface area contributed by atoms with E-state index in [9.17, 15) is 0 Å². The minimum atomic E-state index is 0. The maximum atomic E-state index is 5.80. The van der Waals surface area contributed by atoms with E-state index in [2.05, 4.69) is 6.92 Å². The van der Waals surface area contributed by atoms with Gasteiger partial charge in [-0.05, 0) is 32.1 Å². The van der Waals surface area contributed by atoms with E-state index in [0.29, 0.717) is 12.1 Å². The molecule has 0 heterocycles. The van der Waals surface area contributed by atoms with Crippen LogP contribution in [0.3, 0.4) is 0 Å². The third-order valence-corrected chi connectivity index (χ3v) is 2.57. The smallest absolute Gasteiger partial charge is 0.0576 e. The van der Waals surface area contributed by atoms with Gasteiger partial charge in [-0.15, -0.1) is 12.4 Å². The first-order valence-electron chi connectivity index (χ1n) is 5.20. The van der Waals surface area contributed by atoms with E-state index < -0.39 is 0 Å². The summed E-state index contributed by atoms with van der Waals surface area (Å²) in [6.07, 6.45) is 7.58. The molecule has 0 unspecified atom stereocenters. The van der Waals surface area contributed by atoms with Gasteiger partial charge in [0.15, 0.2) is 0 Å². The van der Waals surface area contributed by atoms with Crippen LogP contribution in [0.25, 0.3) is 0 Å². The Balaban J connectivity index is 0.00000144. The van der Waals surface area contributed by atoms with E-state index in [1.54, 1.807) is 0 Å². The Kier molecular flexibility index (Phi) is 7.72. The van der Waals surface area contributed by atoms with Crippen LogP contribution in [0.15, 0.2) is 0 Å². The van der Waals surface area contributed by atoms with Gasteiger partial charge in [0.1, 0.15) is 0 Å². The van der Waals surface area contributed by atoms with Gasteiger partial charge in [-0.2, -0.15) is 0 Å². The van der Waals surface area contributed by atoms with Crippen LogP contribution in [-0.4, -0.2) is 18.8 Å². The normalized spacial score (nSPS) is 28.2. The predicted octanol–water partition coefficient (Wildman–Crippen LogP) is 2.49. The van der Waals surface area contributed by atoms with E-state index in [0.717, 1.165) is 19.4 Å². The van der Waals surface area contributed by atoms with E-state index in [1.165, 1.54) is 25.7 Å². The largest absolute Gasteiger partial charge is 0.378 e. The van der Waals surface area contributed by atoms with E-state index in [1.807, 2.05) is 0 Å². The molecule has 0 bridgehead atoms. The quantitative estimate of drug-likeness (QED) is 0.719. The first-order valence-corrected chi connectivity index (χ1v) is 5.20. The van der Waals surface area contributed by atoms with E-state index in [4.69, 9.17) is 10.5 Å². The lowest BCUT2D eigenvalue weighted by atomic mass is 9.94. The van der Waals surface area contributed by atoms with Crippen molar-refractivity contribution in [2.24, 2.45) is 5.73 Å². The van der Waals surface area contributed by atoms with Crippen molar-refractivity contribution < 1.29 is 4.74 Å². The Morgan fingerprint density at radius 1 is 1.23 bits per heavy atom. The van der Waals surface area contributed by atoms with Gasteiger partial charge in [0.2, 0.25) is 0 Å². The fourth-order valence-corrected chi connectivity index (χ4v) is 1.65. The fraction of sp³-hybridized carbons (Fsp3) is 1.00. The van der Waals surface area contributed by atoms with Gasteiger partial charge in [0.05, 0.1) is 6.10 Å². The van der Waals surface area contributed by atoms with Crippen LogP contribution < -0.4 is 5.73 Å². The van der Waals surface area contributed by atoms with Crippen molar-refractivity contribution in [3.05, 3.63) is 0 Å². The molecule has 1 aliphatic carbocycles. The van der Waals surface area contributed by atoms with Crippen LogP contribution in [-0.2, 0) is 4.74 Å². The van der Waals surface area contributed by atoms with E-state index in [-0.39, 0.29) is 12.4 Å². The van der Waals surface area contributed by atoms with E-state index >= 15 is 0 Å². The third kappa shape index (κ3) is 5.50. The zero-order chi connectivity index (χ0) is 8.81. The predicted molar refractivity (Wildman–Crippen MR) is 58.3 cm³/mol. The molecule has 0 amide bonds. The number of hydrogen-bond acceptors (Lipinski definition) is 2. The lowest BCUT2D eigenvalue weighted by molar-refractivity contribution is 0.0237. The lowest BCUT2D eigenvalue weighted by Gasteiger charge is -2.26. The first kappa shape index (κ1) is 13.2.